The van der Waals surface area contributed by atoms with Crippen LogP contribution in [0.1, 0.15) is 48.0 Å². The molecule has 3 heterocycles. The third kappa shape index (κ3) is 6.11. The zero-order chi connectivity index (χ0) is 24.6. The van der Waals surface area contributed by atoms with Crippen molar-refractivity contribution < 1.29 is 19.1 Å². The van der Waals surface area contributed by atoms with Crippen molar-refractivity contribution >= 4 is 11.8 Å². The molecule has 1 N–H and O–H groups in total. The number of hydrogen-bond donors (Lipinski definition) is 1. The predicted octanol–water partition coefficient (Wildman–Crippen LogP) is 3.12. The zero-order valence-corrected chi connectivity index (χ0v) is 20.7. The molecule has 1 aromatic heterocycles. The van der Waals surface area contributed by atoms with Gasteiger partial charge in [-0.3, -0.25) is 19.5 Å². The Morgan fingerprint density at radius 2 is 1.86 bits per heavy atom. The van der Waals surface area contributed by atoms with Crippen molar-refractivity contribution in [3.63, 3.8) is 0 Å². The Morgan fingerprint density at radius 3 is 2.63 bits per heavy atom. The first-order valence-corrected chi connectivity index (χ1v) is 12.5. The molecule has 1 aromatic carbocycles. The Morgan fingerprint density at radius 1 is 1.06 bits per heavy atom. The molecule has 2 atom stereocenters. The van der Waals surface area contributed by atoms with Crippen molar-refractivity contribution in [2.45, 2.75) is 44.7 Å². The molecular weight excluding hydrogens is 444 g/mol. The second-order valence-electron chi connectivity index (χ2n) is 9.31. The number of amides is 2. The van der Waals surface area contributed by atoms with Crippen LogP contribution in [0.3, 0.4) is 0 Å². The van der Waals surface area contributed by atoms with Crippen LogP contribution >= 0.6 is 0 Å². The van der Waals surface area contributed by atoms with Crippen LogP contribution in [-0.4, -0.2) is 73.0 Å². The number of carbonyl (C=O) groups excluding carboxylic acids is 2. The number of piperidine rings is 1. The van der Waals surface area contributed by atoms with Gasteiger partial charge in [-0.25, -0.2) is 0 Å². The summed E-state index contributed by atoms with van der Waals surface area (Å²) >= 11 is 0. The highest BCUT2D eigenvalue weighted by atomic mass is 16.5. The summed E-state index contributed by atoms with van der Waals surface area (Å²) in [6.45, 7) is 3.37. The first-order chi connectivity index (χ1) is 17.1. The maximum Gasteiger partial charge on any atom is 0.257 e. The summed E-state index contributed by atoms with van der Waals surface area (Å²) in [5, 5.41) is 3.16. The standard InChI is InChI=1S/C27H36N4O4/c1-34-21-7-8-23(25(17-21)35-2)27(33)31-16-11-22-24(19-31)30(18-20-9-13-28-14-10-20)15-6-4-3-5-12-29-26(22)32/h7-10,13-14,17,22,24H,3-6,11-12,15-16,18-19H2,1-2H3,(H,29,32)/t22-,24-/m1/s1. The maximum atomic E-state index is 13.6. The summed E-state index contributed by atoms with van der Waals surface area (Å²) in [5.74, 6) is 0.995. The lowest BCUT2D eigenvalue weighted by Gasteiger charge is -2.43. The first-order valence-electron chi connectivity index (χ1n) is 12.5. The SMILES string of the molecule is COc1ccc(C(=O)N2CC[C@H]3C(=O)NCCCCCCN(Cc4ccncc4)[C@@H]3C2)c(OC)c1. The molecule has 2 aliphatic rings. The molecule has 2 amide bonds. The van der Waals surface area contributed by atoms with Crippen molar-refractivity contribution in [2.75, 3.05) is 40.4 Å². The number of pyridine rings is 1. The second-order valence-corrected chi connectivity index (χ2v) is 9.31. The van der Waals surface area contributed by atoms with E-state index in [0.717, 1.165) is 50.9 Å². The van der Waals surface area contributed by atoms with Gasteiger partial charge in [0.1, 0.15) is 11.5 Å². The van der Waals surface area contributed by atoms with Gasteiger partial charge < -0.3 is 19.7 Å². The number of benzene rings is 1. The molecule has 0 bridgehead atoms. The van der Waals surface area contributed by atoms with Crippen molar-refractivity contribution in [3.05, 3.63) is 53.9 Å². The number of carbonyl (C=O) groups is 2. The smallest absolute Gasteiger partial charge is 0.257 e. The molecule has 0 unspecified atom stereocenters. The number of nitrogens with one attached hydrogen (secondary N) is 1. The van der Waals surface area contributed by atoms with Gasteiger partial charge in [0.2, 0.25) is 5.91 Å². The molecule has 0 saturated carbocycles. The first kappa shape index (κ1) is 25.0. The van der Waals surface area contributed by atoms with E-state index in [-0.39, 0.29) is 23.8 Å². The van der Waals surface area contributed by atoms with Crippen LogP contribution in [0.5, 0.6) is 11.5 Å². The Balaban J connectivity index is 1.61. The Kier molecular flexibility index (Phi) is 8.58. The molecule has 188 valence electrons. The molecule has 35 heavy (non-hydrogen) atoms. The molecule has 2 aliphatic heterocycles. The van der Waals surface area contributed by atoms with Crippen molar-refractivity contribution in [1.82, 2.24) is 20.1 Å². The molecular formula is C27H36N4O4. The fourth-order valence-electron chi connectivity index (χ4n) is 5.16. The predicted molar refractivity (Wildman–Crippen MR) is 133 cm³/mol. The minimum atomic E-state index is -0.156. The highest BCUT2D eigenvalue weighted by Crippen LogP contribution is 2.30. The summed E-state index contributed by atoms with van der Waals surface area (Å²) in [5.41, 5.74) is 1.67. The van der Waals surface area contributed by atoms with Crippen LogP contribution in [0.2, 0.25) is 0 Å². The largest absolute Gasteiger partial charge is 0.497 e. The molecule has 2 saturated heterocycles. The van der Waals surface area contributed by atoms with Gasteiger partial charge in [0.25, 0.3) is 5.91 Å². The minimum Gasteiger partial charge on any atom is -0.497 e. The van der Waals surface area contributed by atoms with E-state index in [1.54, 1.807) is 44.8 Å². The van der Waals surface area contributed by atoms with Crippen LogP contribution in [0, 0.1) is 5.92 Å². The summed E-state index contributed by atoms with van der Waals surface area (Å²) in [6, 6.07) is 9.24. The number of hydrogen-bond acceptors (Lipinski definition) is 6. The number of nitrogens with zero attached hydrogens (tertiary/aromatic N) is 3. The topological polar surface area (TPSA) is 84.0 Å². The van der Waals surface area contributed by atoms with Crippen LogP contribution in [0.25, 0.3) is 0 Å². The minimum absolute atomic E-state index is 0.0665. The van der Waals surface area contributed by atoms with Gasteiger partial charge in [-0.15, -0.1) is 0 Å². The molecule has 0 spiro atoms. The van der Waals surface area contributed by atoms with E-state index in [1.807, 2.05) is 17.0 Å². The number of likely N-dealkylation sites (tertiary alicyclic amines) is 1. The van der Waals surface area contributed by atoms with E-state index in [0.29, 0.717) is 36.6 Å². The molecule has 2 aromatic rings. The van der Waals surface area contributed by atoms with Crippen LogP contribution in [-0.2, 0) is 11.3 Å². The number of methoxy groups -OCH3 is 2. The van der Waals surface area contributed by atoms with Gasteiger partial charge in [-0.1, -0.05) is 12.8 Å². The van der Waals surface area contributed by atoms with Gasteiger partial charge in [0, 0.05) is 50.7 Å². The summed E-state index contributed by atoms with van der Waals surface area (Å²) in [4.78, 5) is 35.2. The molecule has 2 fully saturated rings. The number of fused-ring (bicyclic) bond motifs is 1. The lowest BCUT2D eigenvalue weighted by molar-refractivity contribution is -0.129. The quantitative estimate of drug-likeness (QED) is 0.708. The van der Waals surface area contributed by atoms with Crippen molar-refractivity contribution in [3.8, 4) is 11.5 Å². The third-order valence-corrected chi connectivity index (χ3v) is 7.12. The van der Waals surface area contributed by atoms with Crippen LogP contribution in [0.4, 0.5) is 0 Å². The fraction of sp³-hybridized carbons (Fsp3) is 0.519. The van der Waals surface area contributed by atoms with Crippen molar-refractivity contribution in [2.24, 2.45) is 5.92 Å². The highest BCUT2D eigenvalue weighted by Gasteiger charge is 2.39. The fourth-order valence-corrected chi connectivity index (χ4v) is 5.16. The molecule has 0 aliphatic carbocycles. The van der Waals surface area contributed by atoms with Gasteiger partial charge in [0.05, 0.1) is 25.7 Å². The molecule has 4 rings (SSSR count). The lowest BCUT2D eigenvalue weighted by atomic mass is 9.88. The molecule has 8 nitrogen and oxygen atoms in total. The van der Waals surface area contributed by atoms with E-state index in [1.165, 1.54) is 0 Å². The number of aromatic nitrogens is 1. The van der Waals surface area contributed by atoms with E-state index < -0.39 is 0 Å². The van der Waals surface area contributed by atoms with Crippen molar-refractivity contribution in [1.29, 1.82) is 0 Å². The summed E-state index contributed by atoms with van der Waals surface area (Å²) < 4.78 is 10.8. The number of ether oxygens (including phenoxy) is 2. The monoisotopic (exact) mass is 480 g/mol. The number of rotatable bonds is 5. The van der Waals surface area contributed by atoms with E-state index in [4.69, 9.17) is 9.47 Å². The lowest BCUT2D eigenvalue weighted by Crippen LogP contribution is -2.57. The Hall–Kier alpha value is -3.13. The van der Waals surface area contributed by atoms with Gasteiger partial charge in [0.15, 0.2) is 0 Å². The third-order valence-electron chi connectivity index (χ3n) is 7.12. The van der Waals surface area contributed by atoms with E-state index in [2.05, 4.69) is 15.2 Å². The van der Waals surface area contributed by atoms with Gasteiger partial charge in [-0.05, 0) is 55.6 Å². The van der Waals surface area contributed by atoms with Crippen LogP contribution < -0.4 is 14.8 Å². The Labute approximate surface area is 207 Å². The average molecular weight is 481 g/mol. The molecule has 0 radical (unpaired) electrons. The average Bonchev–Trinajstić information content (AvgIpc) is 2.93. The zero-order valence-electron chi connectivity index (χ0n) is 20.7. The maximum absolute atomic E-state index is 13.6. The van der Waals surface area contributed by atoms with Gasteiger partial charge >= 0.3 is 0 Å². The van der Waals surface area contributed by atoms with Gasteiger partial charge in [-0.2, -0.15) is 0 Å². The highest BCUT2D eigenvalue weighted by molar-refractivity contribution is 5.97. The van der Waals surface area contributed by atoms with E-state index >= 15 is 0 Å². The second kappa shape index (κ2) is 12.0. The molecule has 8 heteroatoms. The summed E-state index contributed by atoms with van der Waals surface area (Å²) in [6.07, 6.45) is 8.56. The summed E-state index contributed by atoms with van der Waals surface area (Å²) in [7, 11) is 3.15. The van der Waals surface area contributed by atoms with E-state index in [9.17, 15) is 9.59 Å². The van der Waals surface area contributed by atoms with Crippen LogP contribution in [0.15, 0.2) is 42.7 Å². The Bertz CT molecular complexity index is 1000. The normalized spacial score (nSPS) is 21.9.